The minimum absolute atomic E-state index is 0.777. The SMILES string of the molecule is COc1ccc(C2CCCCCCCC2)cc1. The zero-order valence-electron chi connectivity index (χ0n) is 11.0. The molecule has 17 heavy (non-hydrogen) atoms. The molecule has 1 nitrogen and oxygen atoms in total. The van der Waals surface area contributed by atoms with Gasteiger partial charge in [-0.3, -0.25) is 0 Å². The minimum Gasteiger partial charge on any atom is -0.497 e. The number of ether oxygens (including phenoxy) is 1. The van der Waals surface area contributed by atoms with E-state index in [1.807, 2.05) is 0 Å². The average molecular weight is 232 g/mol. The maximum atomic E-state index is 5.22. The van der Waals surface area contributed by atoms with Crippen LogP contribution in [-0.2, 0) is 0 Å². The van der Waals surface area contributed by atoms with E-state index in [-0.39, 0.29) is 0 Å². The lowest BCUT2D eigenvalue weighted by Crippen LogP contribution is -1.98. The van der Waals surface area contributed by atoms with Gasteiger partial charge in [0.25, 0.3) is 0 Å². The smallest absolute Gasteiger partial charge is 0.118 e. The van der Waals surface area contributed by atoms with Gasteiger partial charge in [0.15, 0.2) is 0 Å². The van der Waals surface area contributed by atoms with Crippen molar-refractivity contribution in [2.45, 2.75) is 57.3 Å². The quantitative estimate of drug-likeness (QED) is 0.703. The largest absolute Gasteiger partial charge is 0.497 e. The zero-order chi connectivity index (χ0) is 11.9. The summed E-state index contributed by atoms with van der Waals surface area (Å²) in [5.74, 6) is 1.75. The lowest BCUT2D eigenvalue weighted by molar-refractivity contribution is 0.414. The highest BCUT2D eigenvalue weighted by Crippen LogP contribution is 2.31. The van der Waals surface area contributed by atoms with Gasteiger partial charge >= 0.3 is 0 Å². The van der Waals surface area contributed by atoms with E-state index >= 15 is 0 Å². The van der Waals surface area contributed by atoms with Gasteiger partial charge in [0, 0.05) is 0 Å². The van der Waals surface area contributed by atoms with Crippen LogP contribution in [0.5, 0.6) is 5.75 Å². The Morgan fingerprint density at radius 3 is 1.88 bits per heavy atom. The highest BCUT2D eigenvalue weighted by atomic mass is 16.5. The molecule has 1 aromatic carbocycles. The standard InChI is InChI=1S/C16H24O/c1-17-16-12-10-15(11-13-16)14-8-6-4-2-3-5-7-9-14/h10-14H,2-9H2,1H3. The Kier molecular flexibility index (Phi) is 4.90. The molecule has 1 aliphatic carbocycles. The zero-order valence-corrected chi connectivity index (χ0v) is 11.0. The monoisotopic (exact) mass is 232 g/mol. The highest BCUT2D eigenvalue weighted by molar-refractivity contribution is 5.29. The highest BCUT2D eigenvalue weighted by Gasteiger charge is 2.12. The van der Waals surface area contributed by atoms with Crippen molar-refractivity contribution in [1.29, 1.82) is 0 Å². The molecule has 0 bridgehead atoms. The molecule has 1 aromatic rings. The molecule has 1 aliphatic rings. The molecular weight excluding hydrogens is 208 g/mol. The van der Waals surface area contributed by atoms with Crippen LogP contribution in [0.2, 0.25) is 0 Å². The van der Waals surface area contributed by atoms with Crippen LogP contribution in [0.1, 0.15) is 62.8 Å². The number of hydrogen-bond acceptors (Lipinski definition) is 1. The van der Waals surface area contributed by atoms with E-state index < -0.39 is 0 Å². The molecule has 0 heterocycles. The Bertz CT molecular complexity index is 305. The molecule has 1 fully saturated rings. The van der Waals surface area contributed by atoms with Gasteiger partial charge in [-0.2, -0.15) is 0 Å². The van der Waals surface area contributed by atoms with Crippen molar-refractivity contribution in [3.63, 3.8) is 0 Å². The lowest BCUT2D eigenvalue weighted by atomic mass is 9.89. The van der Waals surface area contributed by atoms with Crippen LogP contribution in [0, 0.1) is 0 Å². The fourth-order valence-corrected chi connectivity index (χ4v) is 2.84. The molecule has 0 atom stereocenters. The fraction of sp³-hybridized carbons (Fsp3) is 0.625. The summed E-state index contributed by atoms with van der Waals surface area (Å²) < 4.78 is 5.22. The molecule has 0 aromatic heterocycles. The molecule has 0 unspecified atom stereocenters. The van der Waals surface area contributed by atoms with E-state index in [0.717, 1.165) is 11.7 Å². The summed E-state index contributed by atoms with van der Waals surface area (Å²) in [5, 5.41) is 0. The molecule has 0 amide bonds. The normalized spacial score (nSPS) is 19.1. The van der Waals surface area contributed by atoms with Crippen LogP contribution in [0.4, 0.5) is 0 Å². The van der Waals surface area contributed by atoms with Crippen molar-refractivity contribution in [2.24, 2.45) is 0 Å². The molecule has 0 radical (unpaired) electrons. The molecule has 0 saturated heterocycles. The van der Waals surface area contributed by atoms with E-state index in [1.54, 1.807) is 7.11 Å². The van der Waals surface area contributed by atoms with Gasteiger partial charge in [-0.05, 0) is 36.5 Å². The molecule has 2 rings (SSSR count). The number of rotatable bonds is 2. The Hall–Kier alpha value is -0.980. The third-order valence-electron chi connectivity index (χ3n) is 3.94. The van der Waals surface area contributed by atoms with Crippen molar-refractivity contribution < 1.29 is 4.74 Å². The Morgan fingerprint density at radius 1 is 0.824 bits per heavy atom. The fourth-order valence-electron chi connectivity index (χ4n) is 2.84. The summed E-state index contributed by atoms with van der Waals surface area (Å²) in [7, 11) is 1.73. The summed E-state index contributed by atoms with van der Waals surface area (Å²) in [6.07, 6.45) is 11.3. The van der Waals surface area contributed by atoms with Crippen LogP contribution in [0.25, 0.3) is 0 Å². The first kappa shape index (κ1) is 12.5. The van der Waals surface area contributed by atoms with Gasteiger partial charge in [0.1, 0.15) is 5.75 Å². The van der Waals surface area contributed by atoms with E-state index in [1.165, 1.54) is 56.9 Å². The van der Waals surface area contributed by atoms with Crippen LogP contribution in [0.3, 0.4) is 0 Å². The first-order valence-corrected chi connectivity index (χ1v) is 7.04. The van der Waals surface area contributed by atoms with Crippen molar-refractivity contribution >= 4 is 0 Å². The second kappa shape index (κ2) is 6.68. The van der Waals surface area contributed by atoms with Gasteiger partial charge in [-0.15, -0.1) is 0 Å². The summed E-state index contributed by atoms with van der Waals surface area (Å²) in [6.45, 7) is 0. The maximum Gasteiger partial charge on any atom is 0.118 e. The van der Waals surface area contributed by atoms with Gasteiger partial charge in [-0.1, -0.05) is 50.7 Å². The Labute approximate surface area is 105 Å². The predicted molar refractivity (Wildman–Crippen MR) is 72.7 cm³/mol. The average Bonchev–Trinajstić information content (AvgIpc) is 2.52. The van der Waals surface area contributed by atoms with Gasteiger partial charge < -0.3 is 4.74 Å². The molecule has 1 heteroatoms. The first-order valence-electron chi connectivity index (χ1n) is 7.04. The third kappa shape index (κ3) is 3.76. The van der Waals surface area contributed by atoms with Crippen molar-refractivity contribution in [3.8, 4) is 5.75 Å². The molecule has 94 valence electrons. The molecule has 0 N–H and O–H groups in total. The number of hydrogen-bond donors (Lipinski definition) is 0. The van der Waals surface area contributed by atoms with Gasteiger partial charge in [0.2, 0.25) is 0 Å². The second-order valence-electron chi connectivity index (χ2n) is 5.17. The minimum atomic E-state index is 0.777. The summed E-state index contributed by atoms with van der Waals surface area (Å²) >= 11 is 0. The maximum absolute atomic E-state index is 5.22. The number of methoxy groups -OCH3 is 1. The van der Waals surface area contributed by atoms with E-state index in [2.05, 4.69) is 24.3 Å². The van der Waals surface area contributed by atoms with Gasteiger partial charge in [-0.25, -0.2) is 0 Å². The van der Waals surface area contributed by atoms with Crippen molar-refractivity contribution in [2.75, 3.05) is 7.11 Å². The van der Waals surface area contributed by atoms with Gasteiger partial charge in [0.05, 0.1) is 7.11 Å². The van der Waals surface area contributed by atoms with E-state index in [0.29, 0.717) is 0 Å². The summed E-state index contributed by atoms with van der Waals surface area (Å²) in [6, 6.07) is 8.70. The Balaban J connectivity index is 2.01. The van der Waals surface area contributed by atoms with Crippen LogP contribution in [-0.4, -0.2) is 7.11 Å². The molecule has 0 spiro atoms. The first-order chi connectivity index (χ1) is 8.40. The van der Waals surface area contributed by atoms with E-state index in [4.69, 9.17) is 4.74 Å². The van der Waals surface area contributed by atoms with Crippen LogP contribution < -0.4 is 4.74 Å². The topological polar surface area (TPSA) is 9.23 Å². The summed E-state index contributed by atoms with van der Waals surface area (Å²) in [4.78, 5) is 0. The molecular formula is C16H24O. The summed E-state index contributed by atoms with van der Waals surface area (Å²) in [5.41, 5.74) is 1.51. The van der Waals surface area contributed by atoms with Crippen LogP contribution in [0.15, 0.2) is 24.3 Å². The third-order valence-corrected chi connectivity index (χ3v) is 3.94. The predicted octanol–water partition coefficient (Wildman–Crippen LogP) is 4.91. The van der Waals surface area contributed by atoms with Crippen LogP contribution >= 0.6 is 0 Å². The van der Waals surface area contributed by atoms with E-state index in [9.17, 15) is 0 Å². The number of benzene rings is 1. The lowest BCUT2D eigenvalue weighted by Gasteiger charge is -2.16. The second-order valence-corrected chi connectivity index (χ2v) is 5.17. The molecule has 0 aliphatic heterocycles. The Morgan fingerprint density at radius 2 is 1.35 bits per heavy atom. The molecule has 1 saturated carbocycles. The van der Waals surface area contributed by atoms with Crippen molar-refractivity contribution in [3.05, 3.63) is 29.8 Å². The van der Waals surface area contributed by atoms with Crippen molar-refractivity contribution in [1.82, 2.24) is 0 Å².